The summed E-state index contributed by atoms with van der Waals surface area (Å²) in [6.07, 6.45) is 1.72. The number of benzene rings is 1. The van der Waals surface area contributed by atoms with Gasteiger partial charge in [-0.05, 0) is 31.2 Å². The molecule has 2 aromatic heterocycles. The van der Waals surface area contributed by atoms with E-state index in [1.165, 1.54) is 11.8 Å². The lowest BCUT2D eigenvalue weighted by atomic mass is 10.2. The molecule has 0 saturated carbocycles. The Kier molecular flexibility index (Phi) is 6.23. The largest absolute Gasteiger partial charge is 0.497 e. The zero-order chi connectivity index (χ0) is 20.9. The standard InChI is InChI=1S/C22H24N4O3S/c1-16-13-17(24-29-16)15-30-21-20(7-4-8-23-21)22(27)26-11-9-25(10-12-26)18-5-3-6-19(14-18)28-2/h3-8,13-14H,9-12,15H2,1-2H3. The van der Waals surface area contributed by atoms with Crippen LogP contribution in [0.2, 0.25) is 0 Å². The second-order valence-corrected chi connectivity index (χ2v) is 8.02. The van der Waals surface area contributed by atoms with Crippen LogP contribution in [0.25, 0.3) is 0 Å². The predicted molar refractivity (Wildman–Crippen MR) is 116 cm³/mol. The van der Waals surface area contributed by atoms with Crippen LogP contribution >= 0.6 is 11.8 Å². The number of anilines is 1. The van der Waals surface area contributed by atoms with Crippen molar-refractivity contribution in [1.82, 2.24) is 15.0 Å². The van der Waals surface area contributed by atoms with Gasteiger partial charge in [0.1, 0.15) is 16.5 Å². The molecule has 4 rings (SSSR count). The first-order chi connectivity index (χ1) is 14.6. The normalized spacial score (nSPS) is 14.1. The van der Waals surface area contributed by atoms with Crippen LogP contribution in [-0.2, 0) is 5.75 Å². The number of piperazine rings is 1. The second-order valence-electron chi connectivity index (χ2n) is 7.05. The monoisotopic (exact) mass is 424 g/mol. The number of ether oxygens (including phenoxy) is 1. The molecule has 8 heteroatoms. The highest BCUT2D eigenvalue weighted by Crippen LogP contribution is 2.26. The molecule has 30 heavy (non-hydrogen) atoms. The lowest BCUT2D eigenvalue weighted by Crippen LogP contribution is -2.48. The van der Waals surface area contributed by atoms with Gasteiger partial charge >= 0.3 is 0 Å². The molecule has 0 radical (unpaired) electrons. The van der Waals surface area contributed by atoms with Gasteiger partial charge < -0.3 is 19.1 Å². The van der Waals surface area contributed by atoms with Crippen LogP contribution in [0.5, 0.6) is 5.75 Å². The quantitative estimate of drug-likeness (QED) is 0.560. The smallest absolute Gasteiger partial charge is 0.256 e. The molecule has 0 N–H and O–H groups in total. The first-order valence-corrected chi connectivity index (χ1v) is 10.8. The lowest BCUT2D eigenvalue weighted by Gasteiger charge is -2.36. The molecule has 156 valence electrons. The molecular formula is C22H24N4O3S. The Morgan fingerprint density at radius 3 is 2.73 bits per heavy atom. The lowest BCUT2D eigenvalue weighted by molar-refractivity contribution is 0.0742. The molecule has 0 atom stereocenters. The fraction of sp³-hybridized carbons (Fsp3) is 0.318. The number of hydrogen-bond acceptors (Lipinski definition) is 7. The summed E-state index contributed by atoms with van der Waals surface area (Å²) in [6, 6.07) is 13.6. The zero-order valence-corrected chi connectivity index (χ0v) is 17.9. The maximum Gasteiger partial charge on any atom is 0.256 e. The van der Waals surface area contributed by atoms with Gasteiger partial charge in [-0.25, -0.2) is 4.98 Å². The molecule has 3 aromatic rings. The van der Waals surface area contributed by atoms with E-state index < -0.39 is 0 Å². The van der Waals surface area contributed by atoms with Gasteiger partial charge in [-0.2, -0.15) is 0 Å². The number of pyridine rings is 1. The van der Waals surface area contributed by atoms with Gasteiger partial charge in [-0.1, -0.05) is 23.0 Å². The van der Waals surface area contributed by atoms with Crippen molar-refractivity contribution in [3.8, 4) is 5.75 Å². The van der Waals surface area contributed by atoms with Crippen LogP contribution in [-0.4, -0.2) is 54.2 Å². The Labute approximate surface area is 180 Å². The number of carbonyl (C=O) groups excluding carboxylic acids is 1. The number of aromatic nitrogens is 2. The average molecular weight is 425 g/mol. The Morgan fingerprint density at radius 1 is 1.17 bits per heavy atom. The highest BCUT2D eigenvalue weighted by Gasteiger charge is 2.24. The summed E-state index contributed by atoms with van der Waals surface area (Å²) in [6.45, 7) is 4.75. The van der Waals surface area contributed by atoms with Gasteiger partial charge in [-0.15, -0.1) is 0 Å². The Balaban J connectivity index is 1.40. The topological polar surface area (TPSA) is 71.7 Å². The van der Waals surface area contributed by atoms with Gasteiger partial charge in [0.25, 0.3) is 5.91 Å². The summed E-state index contributed by atoms with van der Waals surface area (Å²) in [5.74, 6) is 2.24. The Bertz CT molecular complexity index is 1010. The summed E-state index contributed by atoms with van der Waals surface area (Å²) in [5.41, 5.74) is 2.59. The van der Waals surface area contributed by atoms with E-state index in [-0.39, 0.29) is 5.91 Å². The predicted octanol–water partition coefficient (Wildman–Crippen LogP) is 3.64. The van der Waals surface area contributed by atoms with Crippen LogP contribution in [0.15, 0.2) is 58.2 Å². The van der Waals surface area contributed by atoms with Crippen LogP contribution < -0.4 is 9.64 Å². The van der Waals surface area contributed by atoms with Gasteiger partial charge in [0.05, 0.1) is 18.4 Å². The number of rotatable bonds is 6. The summed E-state index contributed by atoms with van der Waals surface area (Å²) < 4.78 is 10.4. The summed E-state index contributed by atoms with van der Waals surface area (Å²) in [4.78, 5) is 21.8. The maximum absolute atomic E-state index is 13.2. The molecular weight excluding hydrogens is 400 g/mol. The number of hydrogen-bond donors (Lipinski definition) is 0. The Hall–Kier alpha value is -3.00. The van der Waals surface area contributed by atoms with Crippen molar-refractivity contribution in [2.45, 2.75) is 17.7 Å². The molecule has 1 saturated heterocycles. The Morgan fingerprint density at radius 2 is 2.00 bits per heavy atom. The van der Waals surface area contributed by atoms with Crippen molar-refractivity contribution in [1.29, 1.82) is 0 Å². The number of thioether (sulfide) groups is 1. The van der Waals surface area contributed by atoms with E-state index in [0.717, 1.165) is 41.0 Å². The van der Waals surface area contributed by atoms with E-state index in [1.54, 1.807) is 13.3 Å². The number of aryl methyl sites for hydroxylation is 1. The number of amides is 1. The van der Waals surface area contributed by atoms with Crippen molar-refractivity contribution < 1.29 is 14.1 Å². The highest BCUT2D eigenvalue weighted by atomic mass is 32.2. The summed E-state index contributed by atoms with van der Waals surface area (Å²) >= 11 is 1.50. The van der Waals surface area contributed by atoms with Gasteiger partial charge in [0.15, 0.2) is 0 Å². The highest BCUT2D eigenvalue weighted by molar-refractivity contribution is 7.98. The van der Waals surface area contributed by atoms with Crippen molar-refractivity contribution in [3.63, 3.8) is 0 Å². The second kappa shape index (κ2) is 9.21. The van der Waals surface area contributed by atoms with Gasteiger partial charge in [-0.3, -0.25) is 4.79 Å². The third-order valence-electron chi connectivity index (χ3n) is 5.02. The molecule has 0 unspecified atom stereocenters. The van der Waals surface area contributed by atoms with E-state index in [1.807, 2.05) is 48.2 Å². The average Bonchev–Trinajstić information content (AvgIpc) is 3.22. The first-order valence-electron chi connectivity index (χ1n) is 9.82. The zero-order valence-electron chi connectivity index (χ0n) is 17.1. The summed E-state index contributed by atoms with van der Waals surface area (Å²) in [5, 5.41) is 4.73. The first kappa shape index (κ1) is 20.3. The van der Waals surface area contributed by atoms with Crippen LogP contribution in [0.4, 0.5) is 5.69 Å². The maximum atomic E-state index is 13.2. The number of carbonyl (C=O) groups is 1. The van der Waals surface area contributed by atoms with Crippen LogP contribution in [0.1, 0.15) is 21.8 Å². The third-order valence-corrected chi connectivity index (χ3v) is 6.06. The molecule has 1 aliphatic rings. The van der Waals surface area contributed by atoms with E-state index in [2.05, 4.69) is 21.1 Å². The number of methoxy groups -OCH3 is 1. The van der Waals surface area contributed by atoms with E-state index >= 15 is 0 Å². The fourth-order valence-electron chi connectivity index (χ4n) is 3.44. The van der Waals surface area contributed by atoms with Crippen molar-refractivity contribution >= 4 is 23.4 Å². The fourth-order valence-corrected chi connectivity index (χ4v) is 4.31. The van der Waals surface area contributed by atoms with Crippen molar-refractivity contribution in [2.75, 3.05) is 38.2 Å². The van der Waals surface area contributed by atoms with Crippen molar-refractivity contribution in [3.05, 3.63) is 65.7 Å². The molecule has 0 spiro atoms. The van der Waals surface area contributed by atoms with Crippen molar-refractivity contribution in [2.24, 2.45) is 0 Å². The molecule has 1 aromatic carbocycles. The molecule has 1 amide bonds. The molecule has 3 heterocycles. The molecule has 1 aliphatic heterocycles. The third kappa shape index (κ3) is 4.59. The van der Waals surface area contributed by atoms with Gasteiger partial charge in [0.2, 0.25) is 0 Å². The minimum absolute atomic E-state index is 0.0206. The van der Waals surface area contributed by atoms with E-state index in [9.17, 15) is 4.79 Å². The SMILES string of the molecule is COc1cccc(N2CCN(C(=O)c3cccnc3SCc3cc(C)on3)CC2)c1. The minimum atomic E-state index is 0.0206. The van der Waals surface area contributed by atoms with Gasteiger partial charge in [0, 0.05) is 55.9 Å². The molecule has 7 nitrogen and oxygen atoms in total. The van der Waals surface area contributed by atoms with E-state index in [4.69, 9.17) is 9.26 Å². The summed E-state index contributed by atoms with van der Waals surface area (Å²) in [7, 11) is 1.67. The van der Waals surface area contributed by atoms with Crippen LogP contribution in [0, 0.1) is 6.92 Å². The van der Waals surface area contributed by atoms with E-state index in [0.29, 0.717) is 24.4 Å². The molecule has 0 bridgehead atoms. The number of nitrogens with zero attached hydrogens (tertiary/aromatic N) is 4. The molecule has 1 fully saturated rings. The van der Waals surface area contributed by atoms with Crippen LogP contribution in [0.3, 0.4) is 0 Å². The molecule has 0 aliphatic carbocycles. The minimum Gasteiger partial charge on any atom is -0.497 e.